The molecule has 122 valence electrons. The highest BCUT2D eigenvalue weighted by Crippen LogP contribution is 2.12. The number of nitrogens with zero attached hydrogens (tertiary/aromatic N) is 6. The molecule has 0 atom stereocenters. The number of aromatic nitrogens is 4. The quantitative estimate of drug-likeness (QED) is 0.841. The Hall–Kier alpha value is -2.28. The lowest BCUT2D eigenvalue weighted by Gasteiger charge is -2.35. The third-order valence-corrected chi connectivity index (χ3v) is 4.08. The number of para-hydroxylation sites is 1. The van der Waals surface area contributed by atoms with Crippen molar-refractivity contribution >= 4 is 5.91 Å². The minimum Gasteiger partial charge on any atom is -0.340 e. The highest BCUT2D eigenvalue weighted by atomic mass is 16.2. The molecule has 0 unspecified atom stereocenters. The van der Waals surface area contributed by atoms with Crippen molar-refractivity contribution in [2.45, 2.75) is 20.4 Å². The zero-order chi connectivity index (χ0) is 16.2. The predicted octanol–water partition coefficient (Wildman–Crippen LogP) is 0.962. The fourth-order valence-corrected chi connectivity index (χ4v) is 2.77. The highest BCUT2D eigenvalue weighted by Gasteiger charge is 2.24. The lowest BCUT2D eigenvalue weighted by molar-refractivity contribution is -0.136. The summed E-state index contributed by atoms with van der Waals surface area (Å²) in [6.07, 6.45) is 0. The van der Waals surface area contributed by atoms with Crippen molar-refractivity contribution in [1.82, 2.24) is 30.0 Å². The Labute approximate surface area is 135 Å². The van der Waals surface area contributed by atoms with Crippen molar-refractivity contribution in [1.29, 1.82) is 0 Å². The van der Waals surface area contributed by atoms with E-state index in [1.165, 1.54) is 0 Å². The van der Waals surface area contributed by atoms with Crippen LogP contribution in [0.3, 0.4) is 0 Å². The Morgan fingerprint density at radius 3 is 2.48 bits per heavy atom. The average molecular weight is 314 g/mol. The van der Waals surface area contributed by atoms with E-state index in [1.54, 1.807) is 4.68 Å². The Morgan fingerprint density at radius 1 is 1.13 bits per heavy atom. The maximum Gasteiger partial charge on any atom is 0.225 e. The number of tetrazole rings is 1. The van der Waals surface area contributed by atoms with Gasteiger partial charge in [-0.25, -0.2) is 0 Å². The molecular weight excluding hydrogens is 292 g/mol. The standard InChI is InChI=1S/C16H22N6O/c1-13(2)16(23)21-10-8-20(9-11-21)12-15-17-18-19-22(15)14-6-4-3-5-7-14/h3-7,13H,8-12H2,1-2H3. The van der Waals surface area contributed by atoms with Crippen LogP contribution in [0.1, 0.15) is 19.7 Å². The molecule has 0 radical (unpaired) electrons. The number of piperazine rings is 1. The van der Waals surface area contributed by atoms with Gasteiger partial charge in [-0.15, -0.1) is 5.10 Å². The Balaban J connectivity index is 1.62. The van der Waals surface area contributed by atoms with E-state index in [0.29, 0.717) is 6.54 Å². The first-order valence-corrected chi connectivity index (χ1v) is 7.99. The summed E-state index contributed by atoms with van der Waals surface area (Å²) in [6.45, 7) is 7.81. The minimum absolute atomic E-state index is 0.0620. The largest absolute Gasteiger partial charge is 0.340 e. The third-order valence-electron chi connectivity index (χ3n) is 4.08. The zero-order valence-electron chi connectivity index (χ0n) is 13.6. The van der Waals surface area contributed by atoms with Gasteiger partial charge in [0.15, 0.2) is 5.82 Å². The van der Waals surface area contributed by atoms with E-state index >= 15 is 0 Å². The molecule has 1 aliphatic heterocycles. The Bertz CT molecular complexity index is 646. The normalized spacial score (nSPS) is 16.0. The van der Waals surface area contributed by atoms with E-state index in [4.69, 9.17) is 0 Å². The fourth-order valence-electron chi connectivity index (χ4n) is 2.77. The summed E-state index contributed by atoms with van der Waals surface area (Å²) in [6, 6.07) is 9.88. The summed E-state index contributed by atoms with van der Waals surface area (Å²) in [5, 5.41) is 12.0. The van der Waals surface area contributed by atoms with Crippen molar-refractivity contribution in [3.8, 4) is 5.69 Å². The van der Waals surface area contributed by atoms with Crippen LogP contribution in [-0.2, 0) is 11.3 Å². The van der Waals surface area contributed by atoms with Gasteiger partial charge in [-0.3, -0.25) is 9.69 Å². The summed E-state index contributed by atoms with van der Waals surface area (Å²) in [4.78, 5) is 16.3. The van der Waals surface area contributed by atoms with Crippen LogP contribution in [0.25, 0.3) is 5.69 Å². The molecule has 0 spiro atoms. The number of carbonyl (C=O) groups excluding carboxylic acids is 1. The summed E-state index contributed by atoms with van der Waals surface area (Å²) in [5.74, 6) is 1.12. The molecule has 2 heterocycles. The van der Waals surface area contributed by atoms with Gasteiger partial charge in [0.25, 0.3) is 0 Å². The van der Waals surface area contributed by atoms with Gasteiger partial charge in [0.05, 0.1) is 12.2 Å². The maximum atomic E-state index is 12.0. The molecule has 1 aliphatic rings. The molecule has 7 nitrogen and oxygen atoms in total. The molecule has 1 aromatic carbocycles. The average Bonchev–Trinajstić information content (AvgIpc) is 3.04. The van der Waals surface area contributed by atoms with E-state index in [9.17, 15) is 4.79 Å². The van der Waals surface area contributed by atoms with Crippen molar-refractivity contribution in [3.63, 3.8) is 0 Å². The molecule has 1 fully saturated rings. The lowest BCUT2D eigenvalue weighted by Crippen LogP contribution is -2.49. The monoisotopic (exact) mass is 314 g/mol. The van der Waals surface area contributed by atoms with Crippen LogP contribution in [0.2, 0.25) is 0 Å². The van der Waals surface area contributed by atoms with Crippen LogP contribution >= 0.6 is 0 Å². The molecular formula is C16H22N6O. The number of hydrogen-bond acceptors (Lipinski definition) is 5. The first-order valence-electron chi connectivity index (χ1n) is 7.99. The molecule has 23 heavy (non-hydrogen) atoms. The second-order valence-corrected chi connectivity index (χ2v) is 6.10. The molecule has 1 saturated heterocycles. The molecule has 0 bridgehead atoms. The van der Waals surface area contributed by atoms with Crippen LogP contribution in [0.5, 0.6) is 0 Å². The van der Waals surface area contributed by atoms with Crippen molar-refractivity contribution in [3.05, 3.63) is 36.2 Å². The minimum atomic E-state index is 0.0620. The van der Waals surface area contributed by atoms with E-state index in [-0.39, 0.29) is 11.8 Å². The second-order valence-electron chi connectivity index (χ2n) is 6.10. The molecule has 7 heteroatoms. The lowest BCUT2D eigenvalue weighted by atomic mass is 10.1. The number of carbonyl (C=O) groups is 1. The summed E-state index contributed by atoms with van der Waals surface area (Å²) in [7, 11) is 0. The maximum absolute atomic E-state index is 12.0. The first-order chi connectivity index (χ1) is 11.1. The number of benzene rings is 1. The van der Waals surface area contributed by atoms with E-state index in [1.807, 2.05) is 49.1 Å². The van der Waals surface area contributed by atoms with Crippen LogP contribution in [0, 0.1) is 5.92 Å². The number of hydrogen-bond donors (Lipinski definition) is 0. The molecule has 1 aromatic heterocycles. The van der Waals surface area contributed by atoms with Crippen molar-refractivity contribution in [2.75, 3.05) is 26.2 Å². The highest BCUT2D eigenvalue weighted by molar-refractivity contribution is 5.78. The molecule has 3 rings (SSSR count). The smallest absolute Gasteiger partial charge is 0.225 e. The van der Waals surface area contributed by atoms with E-state index in [0.717, 1.165) is 37.7 Å². The van der Waals surface area contributed by atoms with Gasteiger partial charge in [-0.05, 0) is 22.6 Å². The second kappa shape index (κ2) is 6.87. The number of rotatable bonds is 4. The van der Waals surface area contributed by atoms with Gasteiger partial charge in [0.1, 0.15) is 0 Å². The predicted molar refractivity (Wildman–Crippen MR) is 85.8 cm³/mol. The summed E-state index contributed by atoms with van der Waals surface area (Å²) in [5.41, 5.74) is 0.959. The van der Waals surface area contributed by atoms with E-state index < -0.39 is 0 Å². The molecule has 0 aliphatic carbocycles. The van der Waals surface area contributed by atoms with Crippen LogP contribution in [0.15, 0.2) is 30.3 Å². The number of amides is 1. The van der Waals surface area contributed by atoms with Gasteiger partial charge in [0, 0.05) is 32.1 Å². The molecule has 0 N–H and O–H groups in total. The van der Waals surface area contributed by atoms with Gasteiger partial charge < -0.3 is 4.90 Å². The molecule has 2 aromatic rings. The zero-order valence-corrected chi connectivity index (χ0v) is 13.6. The van der Waals surface area contributed by atoms with Crippen LogP contribution in [-0.4, -0.2) is 62.1 Å². The SMILES string of the molecule is CC(C)C(=O)N1CCN(Cc2nnnn2-c2ccccc2)CC1. The Morgan fingerprint density at radius 2 is 1.83 bits per heavy atom. The summed E-state index contributed by atoms with van der Waals surface area (Å²) >= 11 is 0. The summed E-state index contributed by atoms with van der Waals surface area (Å²) < 4.78 is 1.77. The van der Waals surface area contributed by atoms with Crippen molar-refractivity contribution in [2.24, 2.45) is 5.92 Å². The van der Waals surface area contributed by atoms with Gasteiger partial charge in [-0.2, -0.15) is 4.68 Å². The Kier molecular flexibility index (Phi) is 4.66. The first kappa shape index (κ1) is 15.6. The van der Waals surface area contributed by atoms with Gasteiger partial charge in [-0.1, -0.05) is 32.0 Å². The fraction of sp³-hybridized carbons (Fsp3) is 0.500. The third kappa shape index (κ3) is 3.56. The topological polar surface area (TPSA) is 67.2 Å². The van der Waals surface area contributed by atoms with Gasteiger partial charge >= 0.3 is 0 Å². The van der Waals surface area contributed by atoms with Crippen LogP contribution in [0.4, 0.5) is 0 Å². The van der Waals surface area contributed by atoms with Crippen LogP contribution < -0.4 is 0 Å². The van der Waals surface area contributed by atoms with E-state index in [2.05, 4.69) is 20.4 Å². The van der Waals surface area contributed by atoms with Crippen molar-refractivity contribution < 1.29 is 4.79 Å². The molecule has 0 saturated carbocycles. The van der Waals surface area contributed by atoms with Gasteiger partial charge in [0.2, 0.25) is 5.91 Å². The molecule has 1 amide bonds.